The van der Waals surface area contributed by atoms with Crippen molar-refractivity contribution in [2.45, 2.75) is 37.8 Å². The third-order valence-electron chi connectivity index (χ3n) is 4.35. The molecule has 2 aromatic rings. The van der Waals surface area contributed by atoms with Gasteiger partial charge in [0.25, 0.3) is 5.91 Å². The third kappa shape index (κ3) is 4.44. The number of carbonyl (C=O) groups excluding carboxylic acids is 1. The highest BCUT2D eigenvalue weighted by atomic mass is 35.5. The van der Waals surface area contributed by atoms with Crippen LogP contribution in [0.2, 0.25) is 5.02 Å². The lowest BCUT2D eigenvalue weighted by molar-refractivity contribution is 0.0889. The Morgan fingerprint density at radius 1 is 1.27 bits per heavy atom. The van der Waals surface area contributed by atoms with E-state index in [1.54, 1.807) is 18.2 Å². The lowest BCUT2D eigenvalue weighted by atomic mass is 9.92. The van der Waals surface area contributed by atoms with E-state index in [4.69, 9.17) is 21.6 Å². The van der Waals surface area contributed by atoms with Crippen LogP contribution in [0.3, 0.4) is 0 Å². The molecule has 0 aliphatic heterocycles. The number of amides is 1. The maximum absolute atomic E-state index is 12.2. The van der Waals surface area contributed by atoms with Crippen LogP contribution in [0.25, 0.3) is 0 Å². The number of carbonyl (C=O) groups is 1. The van der Waals surface area contributed by atoms with Crippen molar-refractivity contribution < 1.29 is 14.6 Å². The van der Waals surface area contributed by atoms with Gasteiger partial charge in [0, 0.05) is 12.1 Å². The minimum atomic E-state index is -0.242. The molecule has 0 bridgehead atoms. The van der Waals surface area contributed by atoms with Crippen molar-refractivity contribution in [3.05, 3.63) is 52.8 Å². The number of benzene rings is 1. The van der Waals surface area contributed by atoms with E-state index in [0.29, 0.717) is 16.3 Å². The van der Waals surface area contributed by atoms with Crippen molar-refractivity contribution in [3.63, 3.8) is 0 Å². The lowest BCUT2D eigenvalue weighted by Crippen LogP contribution is -2.40. The molecule has 7 heteroatoms. The zero-order chi connectivity index (χ0) is 18.5. The van der Waals surface area contributed by atoms with Gasteiger partial charge >= 0.3 is 0 Å². The number of aromatic hydroxyl groups is 1. The second-order valence-electron chi connectivity index (χ2n) is 6.22. The van der Waals surface area contributed by atoms with Crippen molar-refractivity contribution in [1.82, 2.24) is 10.3 Å². The van der Waals surface area contributed by atoms with Crippen molar-refractivity contribution in [2.75, 3.05) is 0 Å². The van der Waals surface area contributed by atoms with Crippen molar-refractivity contribution in [3.8, 4) is 17.6 Å². The van der Waals surface area contributed by atoms with Gasteiger partial charge < -0.3 is 15.2 Å². The van der Waals surface area contributed by atoms with E-state index in [1.807, 2.05) is 6.07 Å². The maximum atomic E-state index is 12.2. The SMILES string of the molecule is N#Cc1ccc(OC2CCC(NC(=O)c3ccc(O)cn3)CC2)cc1Cl. The average Bonchev–Trinajstić information content (AvgIpc) is 2.64. The monoisotopic (exact) mass is 371 g/mol. The highest BCUT2D eigenvalue weighted by molar-refractivity contribution is 6.31. The topological polar surface area (TPSA) is 95.2 Å². The van der Waals surface area contributed by atoms with Gasteiger partial charge in [0.2, 0.25) is 0 Å². The van der Waals surface area contributed by atoms with Gasteiger partial charge in [-0.05, 0) is 49.9 Å². The first kappa shape index (κ1) is 18.0. The number of nitriles is 1. The van der Waals surface area contributed by atoms with Crippen LogP contribution in [0.4, 0.5) is 0 Å². The fraction of sp³-hybridized carbons (Fsp3) is 0.316. The van der Waals surface area contributed by atoms with E-state index < -0.39 is 0 Å². The predicted molar refractivity (Wildman–Crippen MR) is 96.2 cm³/mol. The number of aromatic nitrogens is 1. The van der Waals surface area contributed by atoms with E-state index >= 15 is 0 Å². The first-order chi connectivity index (χ1) is 12.5. The number of hydrogen-bond acceptors (Lipinski definition) is 5. The van der Waals surface area contributed by atoms with Crippen LogP contribution in [0.1, 0.15) is 41.7 Å². The minimum absolute atomic E-state index is 0.0297. The van der Waals surface area contributed by atoms with Gasteiger partial charge in [-0.1, -0.05) is 11.6 Å². The summed E-state index contributed by atoms with van der Waals surface area (Å²) in [6.45, 7) is 0. The highest BCUT2D eigenvalue weighted by Gasteiger charge is 2.24. The zero-order valence-electron chi connectivity index (χ0n) is 14.0. The predicted octanol–water partition coefficient (Wildman–Crippen LogP) is 3.43. The highest BCUT2D eigenvalue weighted by Crippen LogP contribution is 2.27. The maximum Gasteiger partial charge on any atom is 0.270 e. The molecular weight excluding hydrogens is 354 g/mol. The molecule has 1 fully saturated rings. The molecule has 0 atom stereocenters. The fourth-order valence-corrected chi connectivity index (χ4v) is 3.17. The van der Waals surface area contributed by atoms with Crippen molar-refractivity contribution in [2.24, 2.45) is 0 Å². The summed E-state index contributed by atoms with van der Waals surface area (Å²) in [7, 11) is 0. The molecule has 2 N–H and O–H groups in total. The molecule has 0 spiro atoms. The first-order valence-corrected chi connectivity index (χ1v) is 8.75. The summed E-state index contributed by atoms with van der Waals surface area (Å²) in [5, 5.41) is 21.5. The smallest absolute Gasteiger partial charge is 0.270 e. The van der Waals surface area contributed by atoms with E-state index in [-0.39, 0.29) is 29.5 Å². The van der Waals surface area contributed by atoms with E-state index in [2.05, 4.69) is 10.3 Å². The molecule has 134 valence electrons. The zero-order valence-corrected chi connectivity index (χ0v) is 14.7. The Morgan fingerprint density at radius 2 is 2.04 bits per heavy atom. The first-order valence-electron chi connectivity index (χ1n) is 8.37. The summed E-state index contributed by atoms with van der Waals surface area (Å²) < 4.78 is 5.94. The number of nitrogens with one attached hydrogen (secondary N) is 1. The molecule has 0 saturated heterocycles. The summed E-state index contributed by atoms with van der Waals surface area (Å²) in [6.07, 6.45) is 4.54. The van der Waals surface area contributed by atoms with E-state index in [9.17, 15) is 9.90 Å². The van der Waals surface area contributed by atoms with Crippen molar-refractivity contribution in [1.29, 1.82) is 5.26 Å². The Morgan fingerprint density at radius 3 is 2.65 bits per heavy atom. The summed E-state index contributed by atoms with van der Waals surface area (Å²) >= 11 is 6.02. The number of ether oxygens (including phenoxy) is 1. The molecular formula is C19H18ClN3O3. The summed E-state index contributed by atoms with van der Waals surface area (Å²) in [6, 6.07) is 10.1. The van der Waals surface area contributed by atoms with Gasteiger partial charge in [0.05, 0.1) is 22.9 Å². The molecule has 1 aromatic carbocycles. The quantitative estimate of drug-likeness (QED) is 0.858. The Labute approximate surface area is 156 Å². The molecule has 3 rings (SSSR count). The number of rotatable bonds is 4. The minimum Gasteiger partial charge on any atom is -0.506 e. The molecule has 0 radical (unpaired) electrons. The van der Waals surface area contributed by atoms with Gasteiger partial charge in [-0.2, -0.15) is 5.26 Å². The van der Waals surface area contributed by atoms with E-state index in [0.717, 1.165) is 25.7 Å². The number of hydrogen-bond donors (Lipinski definition) is 2. The average molecular weight is 372 g/mol. The summed E-state index contributed by atoms with van der Waals surface area (Å²) in [5.41, 5.74) is 0.710. The number of nitrogens with zero attached hydrogens (tertiary/aromatic N) is 2. The molecule has 1 heterocycles. The number of halogens is 1. The van der Waals surface area contributed by atoms with Crippen LogP contribution in [-0.2, 0) is 0 Å². The normalized spacial score (nSPS) is 19.4. The second-order valence-corrected chi connectivity index (χ2v) is 6.63. The molecule has 1 aliphatic carbocycles. The summed E-state index contributed by atoms with van der Waals surface area (Å²) in [4.78, 5) is 16.1. The van der Waals surface area contributed by atoms with E-state index in [1.165, 1.54) is 18.3 Å². The van der Waals surface area contributed by atoms with Gasteiger partial charge in [-0.25, -0.2) is 4.98 Å². The fourth-order valence-electron chi connectivity index (χ4n) is 2.96. The molecule has 1 saturated carbocycles. The third-order valence-corrected chi connectivity index (χ3v) is 4.67. The molecule has 1 amide bonds. The standard InChI is InChI=1S/C19H18ClN3O3/c20-17-9-16(5-1-12(17)10-21)26-15-6-2-13(3-7-15)23-19(25)18-8-4-14(24)11-22-18/h1,4-5,8-9,11,13,15,24H,2-3,6-7H2,(H,23,25). The molecule has 6 nitrogen and oxygen atoms in total. The van der Waals surface area contributed by atoms with Crippen LogP contribution in [0, 0.1) is 11.3 Å². The van der Waals surface area contributed by atoms with Gasteiger partial charge in [-0.15, -0.1) is 0 Å². The van der Waals surface area contributed by atoms with Gasteiger partial charge in [0.1, 0.15) is 23.3 Å². The Balaban J connectivity index is 1.49. The molecule has 1 aliphatic rings. The van der Waals surface area contributed by atoms with Crippen LogP contribution < -0.4 is 10.1 Å². The van der Waals surface area contributed by atoms with Crippen LogP contribution >= 0.6 is 11.6 Å². The summed E-state index contributed by atoms with van der Waals surface area (Å²) in [5.74, 6) is 0.435. The van der Waals surface area contributed by atoms with Crippen LogP contribution in [-0.4, -0.2) is 28.1 Å². The van der Waals surface area contributed by atoms with Crippen molar-refractivity contribution >= 4 is 17.5 Å². The second kappa shape index (κ2) is 8.07. The Kier molecular flexibility index (Phi) is 5.59. The Bertz CT molecular complexity index is 825. The van der Waals surface area contributed by atoms with Gasteiger partial charge in [0.15, 0.2) is 0 Å². The number of pyridine rings is 1. The molecule has 0 unspecified atom stereocenters. The largest absolute Gasteiger partial charge is 0.506 e. The van der Waals surface area contributed by atoms with Crippen LogP contribution in [0.15, 0.2) is 36.5 Å². The van der Waals surface area contributed by atoms with Gasteiger partial charge in [-0.3, -0.25) is 4.79 Å². The Hall–Kier alpha value is -2.78. The van der Waals surface area contributed by atoms with Crippen LogP contribution in [0.5, 0.6) is 11.5 Å². The molecule has 1 aromatic heterocycles. The molecule has 26 heavy (non-hydrogen) atoms. The lowest BCUT2D eigenvalue weighted by Gasteiger charge is -2.29.